The number of aryl methyl sites for hydroxylation is 1. The van der Waals surface area contributed by atoms with Crippen LogP contribution in [0.15, 0.2) is 23.1 Å². The molecule has 1 atom stereocenters. The van der Waals surface area contributed by atoms with Crippen LogP contribution in [0.1, 0.15) is 47.4 Å². The van der Waals surface area contributed by atoms with E-state index >= 15 is 0 Å². The lowest BCUT2D eigenvalue weighted by molar-refractivity contribution is 0.0671. The highest BCUT2D eigenvalue weighted by atomic mass is 32.1. The van der Waals surface area contributed by atoms with E-state index in [1.54, 1.807) is 18.6 Å². The minimum Gasteiger partial charge on any atom is -0.339 e. The van der Waals surface area contributed by atoms with Crippen molar-refractivity contribution in [2.45, 2.75) is 39.0 Å². The molecule has 0 radical (unpaired) electrons. The largest absolute Gasteiger partial charge is 0.339 e. The van der Waals surface area contributed by atoms with Crippen LogP contribution in [0.4, 0.5) is 0 Å². The van der Waals surface area contributed by atoms with Crippen molar-refractivity contribution in [2.75, 3.05) is 13.1 Å². The summed E-state index contributed by atoms with van der Waals surface area (Å²) in [4.78, 5) is 28.1. The number of nitrogens with zero attached hydrogens (tertiary/aromatic N) is 7. The van der Waals surface area contributed by atoms with Crippen molar-refractivity contribution in [3.05, 3.63) is 35.1 Å². The van der Waals surface area contributed by atoms with Crippen molar-refractivity contribution < 1.29 is 9.32 Å². The van der Waals surface area contributed by atoms with E-state index < -0.39 is 0 Å². The van der Waals surface area contributed by atoms with Crippen LogP contribution in [0.2, 0.25) is 0 Å². The van der Waals surface area contributed by atoms with Gasteiger partial charge in [-0.1, -0.05) is 23.0 Å². The smallest absolute Gasteiger partial charge is 0.267 e. The summed E-state index contributed by atoms with van der Waals surface area (Å²) >= 11 is 1.19. The lowest BCUT2D eigenvalue weighted by Gasteiger charge is -2.32. The standard InChI is InChI=1S/C18H21N7O2S/c1-2-4-13-16(28-24-22-13)18(26)25-8-3-5-12(11-25)9-15-21-17(23-27-15)14-10-19-6-7-20-14/h6-7,10,12H,2-5,8-9,11H2,1H3/t12-/m0/s1. The number of likely N-dealkylation sites (tertiary alicyclic amines) is 1. The van der Waals surface area contributed by atoms with Crippen molar-refractivity contribution in [3.8, 4) is 11.5 Å². The topological polar surface area (TPSA) is 111 Å². The van der Waals surface area contributed by atoms with Crippen LogP contribution >= 0.6 is 11.5 Å². The van der Waals surface area contributed by atoms with Crippen LogP contribution in [0.3, 0.4) is 0 Å². The number of piperidine rings is 1. The first-order valence-electron chi connectivity index (χ1n) is 9.44. The fourth-order valence-electron chi connectivity index (χ4n) is 3.43. The predicted molar refractivity (Wildman–Crippen MR) is 102 cm³/mol. The minimum atomic E-state index is 0.0360. The second-order valence-electron chi connectivity index (χ2n) is 6.86. The molecule has 1 saturated heterocycles. The number of carbonyl (C=O) groups excluding carboxylic acids is 1. The molecule has 146 valence electrons. The molecule has 0 bridgehead atoms. The van der Waals surface area contributed by atoms with Crippen LogP contribution in [-0.2, 0) is 12.8 Å². The van der Waals surface area contributed by atoms with Crippen molar-refractivity contribution in [2.24, 2.45) is 5.92 Å². The van der Waals surface area contributed by atoms with E-state index in [9.17, 15) is 4.79 Å². The van der Waals surface area contributed by atoms with Crippen molar-refractivity contribution >= 4 is 17.4 Å². The predicted octanol–water partition coefficient (Wildman–Crippen LogP) is 2.43. The van der Waals surface area contributed by atoms with Gasteiger partial charge in [0.15, 0.2) is 0 Å². The van der Waals surface area contributed by atoms with E-state index in [0.29, 0.717) is 35.3 Å². The second-order valence-corrected chi connectivity index (χ2v) is 7.62. The molecule has 1 aliphatic heterocycles. The first-order chi connectivity index (χ1) is 13.7. The number of hydrogen-bond acceptors (Lipinski definition) is 9. The third-order valence-electron chi connectivity index (χ3n) is 4.77. The molecule has 3 aromatic heterocycles. The van der Waals surface area contributed by atoms with Gasteiger partial charge in [0.1, 0.15) is 10.6 Å². The number of amides is 1. The SMILES string of the molecule is CCCc1nnsc1C(=O)N1CCC[C@@H](Cc2nc(-c3cnccn3)no2)C1. The summed E-state index contributed by atoms with van der Waals surface area (Å²) in [7, 11) is 0. The van der Waals surface area contributed by atoms with Gasteiger partial charge in [-0.3, -0.25) is 9.78 Å². The zero-order valence-corrected chi connectivity index (χ0v) is 16.4. The van der Waals surface area contributed by atoms with Gasteiger partial charge in [-0.15, -0.1) is 5.10 Å². The van der Waals surface area contributed by atoms with E-state index in [-0.39, 0.29) is 11.8 Å². The third-order valence-corrected chi connectivity index (χ3v) is 5.52. The third kappa shape index (κ3) is 4.06. The van der Waals surface area contributed by atoms with Crippen LogP contribution in [0.5, 0.6) is 0 Å². The Labute approximate surface area is 166 Å². The summed E-state index contributed by atoms with van der Waals surface area (Å²) in [5.74, 6) is 1.31. The van der Waals surface area contributed by atoms with E-state index in [1.807, 2.05) is 4.90 Å². The molecule has 0 saturated carbocycles. The molecule has 3 aromatic rings. The quantitative estimate of drug-likeness (QED) is 0.621. The lowest BCUT2D eigenvalue weighted by atomic mass is 9.94. The number of carbonyl (C=O) groups is 1. The fraction of sp³-hybridized carbons (Fsp3) is 0.500. The van der Waals surface area contributed by atoms with Gasteiger partial charge in [-0.25, -0.2) is 4.98 Å². The van der Waals surface area contributed by atoms with Crippen LogP contribution < -0.4 is 0 Å². The molecule has 1 amide bonds. The zero-order valence-electron chi connectivity index (χ0n) is 15.6. The second kappa shape index (κ2) is 8.51. The Morgan fingerprint density at radius 3 is 3.14 bits per heavy atom. The summed E-state index contributed by atoms with van der Waals surface area (Å²) < 4.78 is 9.37. The van der Waals surface area contributed by atoms with Gasteiger partial charge < -0.3 is 9.42 Å². The monoisotopic (exact) mass is 399 g/mol. The average Bonchev–Trinajstić information content (AvgIpc) is 3.38. The molecule has 0 spiro atoms. The average molecular weight is 399 g/mol. The highest BCUT2D eigenvalue weighted by Gasteiger charge is 2.28. The summed E-state index contributed by atoms with van der Waals surface area (Å²) in [5, 5.41) is 8.11. The molecule has 28 heavy (non-hydrogen) atoms. The maximum absolute atomic E-state index is 12.9. The summed E-state index contributed by atoms with van der Waals surface area (Å²) in [5.41, 5.74) is 1.39. The van der Waals surface area contributed by atoms with E-state index in [1.165, 1.54) is 11.5 Å². The Kier molecular flexibility index (Phi) is 5.65. The maximum atomic E-state index is 12.9. The summed E-state index contributed by atoms with van der Waals surface area (Å²) in [6, 6.07) is 0. The van der Waals surface area contributed by atoms with Gasteiger partial charge in [0, 0.05) is 31.9 Å². The molecule has 1 fully saturated rings. The van der Waals surface area contributed by atoms with E-state index in [2.05, 4.69) is 36.6 Å². The number of aromatic nitrogens is 6. The molecule has 4 rings (SSSR count). The van der Waals surface area contributed by atoms with E-state index in [0.717, 1.165) is 37.9 Å². The first-order valence-corrected chi connectivity index (χ1v) is 10.2. The number of hydrogen-bond donors (Lipinski definition) is 0. The molecular formula is C18H21N7O2S. The number of rotatable bonds is 6. The molecular weight excluding hydrogens is 378 g/mol. The van der Waals surface area contributed by atoms with Crippen molar-refractivity contribution in [1.29, 1.82) is 0 Å². The fourth-order valence-corrected chi connectivity index (χ4v) is 4.11. The molecule has 9 nitrogen and oxygen atoms in total. The first kappa shape index (κ1) is 18.6. The van der Waals surface area contributed by atoms with Crippen LogP contribution in [0.25, 0.3) is 11.5 Å². The molecule has 10 heteroatoms. The van der Waals surface area contributed by atoms with Crippen molar-refractivity contribution in [3.63, 3.8) is 0 Å². The normalized spacial score (nSPS) is 17.0. The molecule has 0 unspecified atom stereocenters. The molecule has 4 heterocycles. The molecule has 0 aliphatic carbocycles. The zero-order chi connectivity index (χ0) is 19.3. The highest BCUT2D eigenvalue weighted by Crippen LogP contribution is 2.24. The Morgan fingerprint density at radius 2 is 2.32 bits per heavy atom. The highest BCUT2D eigenvalue weighted by molar-refractivity contribution is 7.08. The van der Waals surface area contributed by atoms with Gasteiger partial charge >= 0.3 is 0 Å². The summed E-state index contributed by atoms with van der Waals surface area (Å²) in [6.07, 6.45) is 9.14. The molecule has 0 N–H and O–H groups in total. The van der Waals surface area contributed by atoms with Crippen LogP contribution in [0, 0.1) is 5.92 Å². The Balaban J connectivity index is 1.41. The molecule has 1 aliphatic rings. The lowest BCUT2D eigenvalue weighted by Crippen LogP contribution is -2.40. The van der Waals surface area contributed by atoms with Crippen LogP contribution in [-0.4, -0.2) is 53.6 Å². The Bertz CT molecular complexity index is 927. The van der Waals surface area contributed by atoms with E-state index in [4.69, 9.17) is 4.52 Å². The maximum Gasteiger partial charge on any atom is 0.267 e. The van der Waals surface area contributed by atoms with Gasteiger partial charge in [-0.05, 0) is 36.7 Å². The van der Waals surface area contributed by atoms with Crippen molar-refractivity contribution in [1.82, 2.24) is 34.6 Å². The minimum absolute atomic E-state index is 0.0360. The summed E-state index contributed by atoms with van der Waals surface area (Å²) in [6.45, 7) is 3.50. The van der Waals surface area contributed by atoms with Gasteiger partial charge in [0.05, 0.1) is 11.9 Å². The molecule has 0 aromatic carbocycles. The van der Waals surface area contributed by atoms with Gasteiger partial charge in [0.2, 0.25) is 11.7 Å². The Morgan fingerprint density at radius 1 is 1.39 bits per heavy atom. The Hall–Kier alpha value is -2.75. The van der Waals surface area contributed by atoms with Gasteiger partial charge in [0.25, 0.3) is 5.91 Å². The van der Waals surface area contributed by atoms with Gasteiger partial charge in [-0.2, -0.15) is 4.98 Å².